The number of hydrazine groups is 1. The van der Waals surface area contributed by atoms with Crippen molar-refractivity contribution in [3.05, 3.63) is 56.5 Å². The van der Waals surface area contributed by atoms with Crippen LogP contribution >= 0.6 is 34.5 Å². The maximum atomic E-state index is 13.3. The third-order valence-electron chi connectivity index (χ3n) is 5.53. The number of rotatable bonds is 5. The fraction of sp³-hybridized carbons (Fsp3) is 0.391. The first-order valence-electron chi connectivity index (χ1n) is 10.7. The number of carbonyl (C=O) groups excluding carboxylic acids is 1. The molecule has 1 fully saturated rings. The predicted octanol–water partition coefficient (Wildman–Crippen LogP) is 6.30. The van der Waals surface area contributed by atoms with Crippen molar-refractivity contribution in [2.24, 2.45) is 0 Å². The Morgan fingerprint density at radius 1 is 1.13 bits per heavy atom. The molecule has 5 nitrogen and oxygen atoms in total. The van der Waals surface area contributed by atoms with Crippen LogP contribution in [0.4, 0.5) is 0 Å². The van der Waals surface area contributed by atoms with Gasteiger partial charge in [-0.3, -0.25) is 10.2 Å². The van der Waals surface area contributed by atoms with Gasteiger partial charge in [-0.15, -0.1) is 11.3 Å². The lowest BCUT2D eigenvalue weighted by atomic mass is 10.1. The molecular weight excluding hydrogens is 451 g/mol. The molecule has 1 amide bonds. The summed E-state index contributed by atoms with van der Waals surface area (Å²) in [5, 5.41) is 7.85. The molecule has 0 radical (unpaired) electrons. The van der Waals surface area contributed by atoms with Gasteiger partial charge in [-0.1, -0.05) is 43.0 Å². The lowest BCUT2D eigenvalue weighted by Gasteiger charge is -2.20. The molecule has 0 spiro atoms. The van der Waals surface area contributed by atoms with Gasteiger partial charge in [0.2, 0.25) is 0 Å². The summed E-state index contributed by atoms with van der Waals surface area (Å²) >= 11 is 14.3. The Balaban J connectivity index is 1.80. The molecule has 0 atom stereocenters. The van der Waals surface area contributed by atoms with Crippen molar-refractivity contribution in [1.82, 2.24) is 20.2 Å². The number of carbonyl (C=O) groups is 1. The third kappa shape index (κ3) is 4.82. The first kappa shape index (κ1) is 22.3. The van der Waals surface area contributed by atoms with Crippen molar-refractivity contribution >= 4 is 40.4 Å². The molecule has 0 saturated carbocycles. The van der Waals surface area contributed by atoms with Crippen molar-refractivity contribution in [2.45, 2.75) is 46.0 Å². The van der Waals surface area contributed by atoms with Crippen LogP contribution in [0.2, 0.25) is 10.0 Å². The van der Waals surface area contributed by atoms with Gasteiger partial charge in [-0.25, -0.2) is 9.69 Å². The van der Waals surface area contributed by atoms with Crippen LogP contribution < -0.4 is 5.43 Å². The standard InChI is InChI=1S/C23H26Cl2N4OS/c1-3-17-21(23(30)27-28-12-6-4-5-7-13-28)26-29(19-10-9-16(24)14-18(19)25)22(17)20-11-8-15(2)31-20/h8-11,14H,3-7,12-13H2,1-2H3,(H,27,30). The minimum Gasteiger partial charge on any atom is -0.283 e. The zero-order chi connectivity index (χ0) is 22.0. The molecule has 1 aliphatic heterocycles. The lowest BCUT2D eigenvalue weighted by Crippen LogP contribution is -2.43. The molecule has 31 heavy (non-hydrogen) atoms. The summed E-state index contributed by atoms with van der Waals surface area (Å²) in [5.74, 6) is -0.169. The molecule has 1 saturated heterocycles. The summed E-state index contributed by atoms with van der Waals surface area (Å²) < 4.78 is 1.79. The van der Waals surface area contributed by atoms with E-state index >= 15 is 0 Å². The van der Waals surface area contributed by atoms with E-state index in [1.165, 1.54) is 17.7 Å². The zero-order valence-electron chi connectivity index (χ0n) is 17.8. The molecule has 2 aromatic heterocycles. The summed E-state index contributed by atoms with van der Waals surface area (Å²) in [6, 6.07) is 9.49. The highest BCUT2D eigenvalue weighted by Gasteiger charge is 2.26. The third-order valence-corrected chi connectivity index (χ3v) is 7.07. The SMILES string of the molecule is CCc1c(C(=O)NN2CCCCCC2)nn(-c2ccc(Cl)cc2Cl)c1-c1ccc(C)s1. The monoisotopic (exact) mass is 476 g/mol. The van der Waals surface area contributed by atoms with E-state index in [1.54, 1.807) is 28.2 Å². The van der Waals surface area contributed by atoms with Gasteiger partial charge >= 0.3 is 0 Å². The van der Waals surface area contributed by atoms with Crippen LogP contribution in [-0.2, 0) is 6.42 Å². The minimum absolute atomic E-state index is 0.169. The number of benzene rings is 1. The number of halogens is 2. The highest BCUT2D eigenvalue weighted by molar-refractivity contribution is 7.15. The smallest absolute Gasteiger partial charge is 0.283 e. The van der Waals surface area contributed by atoms with E-state index in [1.807, 2.05) is 11.1 Å². The molecule has 0 aliphatic carbocycles. The minimum atomic E-state index is -0.169. The second-order valence-electron chi connectivity index (χ2n) is 7.79. The maximum Gasteiger partial charge on any atom is 0.286 e. The normalized spacial score (nSPS) is 15.1. The molecule has 4 rings (SSSR count). The van der Waals surface area contributed by atoms with Gasteiger partial charge in [-0.05, 0) is 56.5 Å². The van der Waals surface area contributed by atoms with Gasteiger partial charge in [-0.2, -0.15) is 5.10 Å². The van der Waals surface area contributed by atoms with Gasteiger partial charge in [0.05, 0.1) is 21.3 Å². The van der Waals surface area contributed by atoms with E-state index in [9.17, 15) is 4.79 Å². The summed E-state index contributed by atoms with van der Waals surface area (Å²) in [7, 11) is 0. The van der Waals surface area contributed by atoms with Gasteiger partial charge in [0, 0.05) is 28.6 Å². The average Bonchev–Trinajstić information content (AvgIpc) is 3.23. The molecule has 1 aromatic carbocycles. The molecule has 3 aromatic rings. The first-order chi connectivity index (χ1) is 15.0. The van der Waals surface area contributed by atoms with Gasteiger partial charge in [0.25, 0.3) is 5.91 Å². The van der Waals surface area contributed by atoms with Crippen LogP contribution in [0.5, 0.6) is 0 Å². The Kier molecular flexibility index (Phi) is 7.02. The summed E-state index contributed by atoms with van der Waals surface area (Å²) in [4.78, 5) is 15.6. The molecule has 1 aliphatic rings. The van der Waals surface area contributed by atoms with Crippen LogP contribution in [0.25, 0.3) is 16.3 Å². The van der Waals surface area contributed by atoms with Crippen molar-refractivity contribution in [3.8, 4) is 16.3 Å². The number of amides is 1. The second-order valence-corrected chi connectivity index (χ2v) is 9.92. The van der Waals surface area contributed by atoms with Crippen LogP contribution in [0.1, 0.15) is 53.5 Å². The molecule has 0 unspecified atom stereocenters. The summed E-state index contributed by atoms with van der Waals surface area (Å²) in [6.45, 7) is 5.86. The number of nitrogens with one attached hydrogen (secondary N) is 1. The highest BCUT2D eigenvalue weighted by atomic mass is 35.5. The van der Waals surface area contributed by atoms with Crippen molar-refractivity contribution in [2.75, 3.05) is 13.1 Å². The predicted molar refractivity (Wildman–Crippen MR) is 129 cm³/mol. The number of hydrogen-bond acceptors (Lipinski definition) is 4. The number of aryl methyl sites for hydroxylation is 1. The lowest BCUT2D eigenvalue weighted by molar-refractivity contribution is 0.0787. The fourth-order valence-electron chi connectivity index (χ4n) is 3.99. The molecule has 0 bridgehead atoms. The highest BCUT2D eigenvalue weighted by Crippen LogP contribution is 2.36. The number of thiophene rings is 1. The van der Waals surface area contributed by atoms with Crippen LogP contribution in [0.15, 0.2) is 30.3 Å². The van der Waals surface area contributed by atoms with E-state index in [0.717, 1.165) is 42.1 Å². The van der Waals surface area contributed by atoms with Gasteiger partial charge < -0.3 is 0 Å². The summed E-state index contributed by atoms with van der Waals surface area (Å²) in [6.07, 6.45) is 5.28. The quantitative estimate of drug-likeness (QED) is 0.469. The number of hydrogen-bond donors (Lipinski definition) is 1. The Hall–Kier alpha value is -1.86. The topological polar surface area (TPSA) is 50.2 Å². The number of aromatic nitrogens is 2. The largest absolute Gasteiger partial charge is 0.286 e. The van der Waals surface area contributed by atoms with E-state index in [0.29, 0.717) is 27.8 Å². The fourth-order valence-corrected chi connectivity index (χ4v) is 5.40. The molecule has 8 heteroatoms. The average molecular weight is 477 g/mol. The van der Waals surface area contributed by atoms with E-state index in [2.05, 4.69) is 31.4 Å². The van der Waals surface area contributed by atoms with E-state index < -0.39 is 0 Å². The molecule has 164 valence electrons. The van der Waals surface area contributed by atoms with Crippen molar-refractivity contribution < 1.29 is 4.79 Å². The molecular formula is C23H26Cl2N4OS. The van der Waals surface area contributed by atoms with Crippen molar-refractivity contribution in [1.29, 1.82) is 0 Å². The Morgan fingerprint density at radius 3 is 2.48 bits per heavy atom. The van der Waals surface area contributed by atoms with Crippen LogP contribution in [0, 0.1) is 6.92 Å². The Bertz CT molecular complexity index is 1080. The Morgan fingerprint density at radius 2 is 1.87 bits per heavy atom. The number of nitrogens with zero attached hydrogens (tertiary/aromatic N) is 3. The molecule has 3 heterocycles. The van der Waals surface area contributed by atoms with E-state index in [4.69, 9.17) is 28.3 Å². The van der Waals surface area contributed by atoms with Crippen LogP contribution in [0.3, 0.4) is 0 Å². The van der Waals surface area contributed by atoms with Gasteiger partial charge in [0.15, 0.2) is 5.69 Å². The zero-order valence-corrected chi connectivity index (χ0v) is 20.1. The first-order valence-corrected chi connectivity index (χ1v) is 12.2. The van der Waals surface area contributed by atoms with Crippen LogP contribution in [-0.4, -0.2) is 33.8 Å². The van der Waals surface area contributed by atoms with E-state index in [-0.39, 0.29) is 5.91 Å². The Labute approximate surface area is 196 Å². The maximum absolute atomic E-state index is 13.3. The van der Waals surface area contributed by atoms with Gasteiger partial charge in [0.1, 0.15) is 0 Å². The summed E-state index contributed by atoms with van der Waals surface area (Å²) in [5.41, 5.74) is 6.06. The molecule has 1 N–H and O–H groups in total. The second kappa shape index (κ2) is 9.74. The van der Waals surface area contributed by atoms with Crippen molar-refractivity contribution in [3.63, 3.8) is 0 Å².